The van der Waals surface area contributed by atoms with Crippen LogP contribution in [-0.4, -0.2) is 43.3 Å². The van der Waals surface area contributed by atoms with E-state index < -0.39 is 9.84 Å². The summed E-state index contributed by atoms with van der Waals surface area (Å²) < 4.78 is 23.7. The summed E-state index contributed by atoms with van der Waals surface area (Å²) >= 11 is 0. The maximum Gasteiger partial charge on any atom is 0.222 e. The summed E-state index contributed by atoms with van der Waals surface area (Å²) in [4.78, 5) is 14.2. The molecule has 20 heavy (non-hydrogen) atoms. The van der Waals surface area contributed by atoms with Gasteiger partial charge in [0.1, 0.15) is 0 Å². The van der Waals surface area contributed by atoms with Crippen molar-refractivity contribution in [2.45, 2.75) is 63.5 Å². The van der Waals surface area contributed by atoms with Gasteiger partial charge in [-0.05, 0) is 31.6 Å². The van der Waals surface area contributed by atoms with E-state index >= 15 is 0 Å². The first-order chi connectivity index (χ1) is 9.53. The van der Waals surface area contributed by atoms with E-state index in [4.69, 9.17) is 0 Å². The number of likely N-dealkylation sites (tertiary alicyclic amines) is 1. The minimum absolute atomic E-state index is 0.216. The van der Waals surface area contributed by atoms with Crippen LogP contribution in [0.2, 0.25) is 0 Å². The number of nitrogens with zero attached hydrogens (tertiary/aromatic N) is 1. The van der Waals surface area contributed by atoms with Crippen LogP contribution >= 0.6 is 0 Å². The molecule has 0 aromatic heterocycles. The number of carbonyl (C=O) groups is 1. The number of amides is 1. The van der Waals surface area contributed by atoms with Crippen LogP contribution in [0, 0.1) is 5.92 Å². The standard InChI is InChI=1S/C15H27NO3S/c1-2-20(18,19)14-8-10-16(11-9-14)15(17)12-13-6-4-3-5-7-13/h13-14H,2-12H2,1H3. The van der Waals surface area contributed by atoms with Crippen molar-refractivity contribution in [3.05, 3.63) is 0 Å². The molecule has 2 fully saturated rings. The van der Waals surface area contributed by atoms with Crippen LogP contribution in [-0.2, 0) is 14.6 Å². The van der Waals surface area contributed by atoms with Crippen molar-refractivity contribution in [3.63, 3.8) is 0 Å². The average molecular weight is 301 g/mol. The van der Waals surface area contributed by atoms with Crippen molar-refractivity contribution in [3.8, 4) is 0 Å². The third-order valence-electron chi connectivity index (χ3n) is 4.89. The predicted molar refractivity (Wildman–Crippen MR) is 80.3 cm³/mol. The van der Waals surface area contributed by atoms with Crippen molar-refractivity contribution in [2.75, 3.05) is 18.8 Å². The SMILES string of the molecule is CCS(=O)(=O)C1CCN(C(=O)CC2CCCCC2)CC1. The monoisotopic (exact) mass is 301 g/mol. The Morgan fingerprint density at radius 2 is 1.65 bits per heavy atom. The Bertz CT molecular complexity index is 418. The largest absolute Gasteiger partial charge is 0.343 e. The van der Waals surface area contributed by atoms with Crippen molar-refractivity contribution >= 4 is 15.7 Å². The fourth-order valence-electron chi connectivity index (χ4n) is 3.47. The molecule has 0 unspecified atom stereocenters. The number of hydrogen-bond donors (Lipinski definition) is 0. The normalized spacial score (nSPS) is 22.9. The third-order valence-corrected chi connectivity index (χ3v) is 7.18. The summed E-state index contributed by atoms with van der Waals surface area (Å²) in [5.41, 5.74) is 0. The number of hydrogen-bond acceptors (Lipinski definition) is 3. The van der Waals surface area contributed by atoms with Crippen LogP contribution < -0.4 is 0 Å². The summed E-state index contributed by atoms with van der Waals surface area (Å²) in [5.74, 6) is 1.02. The lowest BCUT2D eigenvalue weighted by Gasteiger charge is -2.33. The number of rotatable bonds is 4. The lowest BCUT2D eigenvalue weighted by molar-refractivity contribution is -0.133. The number of piperidine rings is 1. The fourth-order valence-corrected chi connectivity index (χ4v) is 4.87. The molecule has 0 spiro atoms. The van der Waals surface area contributed by atoms with Gasteiger partial charge in [0.05, 0.1) is 5.25 Å². The molecule has 0 N–H and O–H groups in total. The van der Waals surface area contributed by atoms with Crippen LogP contribution in [0.3, 0.4) is 0 Å². The molecule has 1 heterocycles. The molecule has 5 heteroatoms. The van der Waals surface area contributed by atoms with Crippen LogP contribution in [0.25, 0.3) is 0 Å². The molecule has 0 aromatic rings. The summed E-state index contributed by atoms with van der Waals surface area (Å²) in [6.07, 6.45) is 8.11. The topological polar surface area (TPSA) is 54.5 Å². The Morgan fingerprint density at radius 1 is 1.05 bits per heavy atom. The molecular formula is C15H27NO3S. The summed E-state index contributed by atoms with van der Waals surface area (Å²) in [6, 6.07) is 0. The molecule has 2 aliphatic rings. The van der Waals surface area contributed by atoms with Crippen molar-refractivity contribution in [1.29, 1.82) is 0 Å². The van der Waals surface area contributed by atoms with Gasteiger partial charge in [-0.25, -0.2) is 8.42 Å². The second-order valence-electron chi connectivity index (χ2n) is 6.24. The molecule has 1 amide bonds. The predicted octanol–water partition coefficient (Wildman–Crippen LogP) is 2.38. The smallest absolute Gasteiger partial charge is 0.222 e. The van der Waals surface area contributed by atoms with E-state index in [-0.39, 0.29) is 16.9 Å². The molecule has 1 aliphatic carbocycles. The van der Waals surface area contributed by atoms with E-state index in [0.717, 1.165) is 0 Å². The van der Waals surface area contributed by atoms with Crippen LogP contribution in [0.15, 0.2) is 0 Å². The molecule has 0 aromatic carbocycles. The van der Waals surface area contributed by atoms with Crippen LogP contribution in [0.4, 0.5) is 0 Å². The van der Waals surface area contributed by atoms with Crippen LogP contribution in [0.5, 0.6) is 0 Å². The molecule has 1 saturated heterocycles. The highest BCUT2D eigenvalue weighted by Crippen LogP contribution is 2.27. The maximum atomic E-state index is 12.3. The van der Waals surface area contributed by atoms with Gasteiger partial charge in [0.25, 0.3) is 0 Å². The summed E-state index contributed by atoms with van der Waals surface area (Å²) in [6.45, 7) is 2.95. The number of carbonyl (C=O) groups excluding carboxylic acids is 1. The Balaban J connectivity index is 1.79. The van der Waals surface area contributed by atoms with Gasteiger partial charge in [0.2, 0.25) is 5.91 Å². The van der Waals surface area contributed by atoms with E-state index in [0.29, 0.717) is 38.3 Å². The quantitative estimate of drug-likeness (QED) is 0.801. The minimum atomic E-state index is -2.94. The Labute approximate surface area is 122 Å². The third kappa shape index (κ3) is 3.96. The van der Waals surface area contributed by atoms with Crippen molar-refractivity contribution in [2.24, 2.45) is 5.92 Å². The van der Waals surface area contributed by atoms with Gasteiger partial charge in [0, 0.05) is 25.3 Å². The lowest BCUT2D eigenvalue weighted by Crippen LogP contribution is -2.43. The van der Waals surface area contributed by atoms with Gasteiger partial charge in [-0.2, -0.15) is 0 Å². The first-order valence-electron chi connectivity index (χ1n) is 8.02. The van der Waals surface area contributed by atoms with E-state index in [1.54, 1.807) is 6.92 Å². The second kappa shape index (κ2) is 6.92. The van der Waals surface area contributed by atoms with Gasteiger partial charge < -0.3 is 4.90 Å². The highest BCUT2D eigenvalue weighted by molar-refractivity contribution is 7.92. The molecule has 0 bridgehead atoms. The molecule has 1 saturated carbocycles. The Morgan fingerprint density at radius 3 is 2.20 bits per heavy atom. The van der Waals surface area contributed by atoms with E-state index in [1.807, 2.05) is 4.90 Å². The fraction of sp³-hybridized carbons (Fsp3) is 0.933. The Kier molecular flexibility index (Phi) is 5.47. The summed E-state index contributed by atoms with van der Waals surface area (Å²) in [5, 5.41) is -0.230. The molecule has 2 rings (SSSR count). The van der Waals surface area contributed by atoms with E-state index in [9.17, 15) is 13.2 Å². The molecule has 116 valence electrons. The van der Waals surface area contributed by atoms with Gasteiger partial charge in [0.15, 0.2) is 9.84 Å². The molecular weight excluding hydrogens is 274 g/mol. The van der Waals surface area contributed by atoms with E-state index in [2.05, 4.69) is 0 Å². The van der Waals surface area contributed by atoms with Gasteiger partial charge in [-0.15, -0.1) is 0 Å². The zero-order valence-corrected chi connectivity index (χ0v) is 13.3. The second-order valence-corrected chi connectivity index (χ2v) is 8.81. The number of sulfone groups is 1. The first kappa shape index (κ1) is 15.8. The van der Waals surface area contributed by atoms with Gasteiger partial charge >= 0.3 is 0 Å². The van der Waals surface area contributed by atoms with Crippen molar-refractivity contribution < 1.29 is 13.2 Å². The van der Waals surface area contributed by atoms with Crippen LogP contribution in [0.1, 0.15) is 58.3 Å². The highest BCUT2D eigenvalue weighted by atomic mass is 32.2. The minimum Gasteiger partial charge on any atom is -0.343 e. The molecule has 0 atom stereocenters. The zero-order valence-electron chi connectivity index (χ0n) is 12.5. The van der Waals surface area contributed by atoms with Crippen molar-refractivity contribution in [1.82, 2.24) is 4.90 Å². The first-order valence-corrected chi connectivity index (χ1v) is 9.74. The van der Waals surface area contributed by atoms with Gasteiger partial charge in [-0.3, -0.25) is 4.79 Å². The lowest BCUT2D eigenvalue weighted by atomic mass is 9.86. The highest BCUT2D eigenvalue weighted by Gasteiger charge is 2.31. The molecule has 4 nitrogen and oxygen atoms in total. The van der Waals surface area contributed by atoms with E-state index in [1.165, 1.54) is 32.1 Å². The Hall–Kier alpha value is -0.580. The maximum absolute atomic E-state index is 12.3. The van der Waals surface area contributed by atoms with Gasteiger partial charge in [-0.1, -0.05) is 26.2 Å². The zero-order chi connectivity index (χ0) is 14.6. The average Bonchev–Trinajstić information content (AvgIpc) is 2.48. The molecule has 0 radical (unpaired) electrons. The summed E-state index contributed by atoms with van der Waals surface area (Å²) in [7, 11) is -2.94. The molecule has 1 aliphatic heterocycles.